The van der Waals surface area contributed by atoms with E-state index in [1.54, 1.807) is 0 Å². The zero-order valence-corrected chi connectivity index (χ0v) is 8.73. The van der Waals surface area contributed by atoms with E-state index in [0.29, 0.717) is 4.90 Å². The topological polar surface area (TPSA) is 66.8 Å². The third kappa shape index (κ3) is 4.72. The Morgan fingerprint density at radius 3 is 2.50 bits per heavy atom. The molecule has 0 bridgehead atoms. The number of alkyl halides is 2. The van der Waals surface area contributed by atoms with Crippen LogP contribution in [0.4, 0.5) is 13.6 Å². The fourth-order valence-corrected chi connectivity index (χ4v) is 0.953. The van der Waals surface area contributed by atoms with Gasteiger partial charge in [0.15, 0.2) is 0 Å². The highest BCUT2D eigenvalue weighted by Gasteiger charge is 2.30. The first kappa shape index (κ1) is 14.3. The fraction of sp³-hybridized carbons (Fsp3) is 0.556. The lowest BCUT2D eigenvalue weighted by molar-refractivity contribution is -0.143. The maximum atomic E-state index is 12.1. The number of amides is 1. The maximum absolute atomic E-state index is 12.1. The number of hydrogen-bond acceptors (Lipinski definition) is 3. The van der Waals surface area contributed by atoms with Gasteiger partial charge >= 0.3 is 12.1 Å². The zero-order chi connectivity index (χ0) is 12.7. The number of carboxylic acids is 1. The number of carbonyl (C=O) groups excluding carboxylic acids is 1. The molecule has 1 N–H and O–H groups in total. The smallest absolute Gasteiger partial charge is 0.410 e. The van der Waals surface area contributed by atoms with E-state index in [9.17, 15) is 18.4 Å². The van der Waals surface area contributed by atoms with Crippen molar-refractivity contribution in [3.05, 3.63) is 12.7 Å². The highest BCUT2D eigenvalue weighted by molar-refractivity contribution is 5.79. The number of aliphatic carboxylic acids is 1. The van der Waals surface area contributed by atoms with Gasteiger partial charge in [-0.25, -0.2) is 18.4 Å². The monoisotopic (exact) mass is 237 g/mol. The molecule has 0 heterocycles. The van der Waals surface area contributed by atoms with Gasteiger partial charge < -0.3 is 9.84 Å². The molecule has 0 aliphatic carbocycles. The van der Waals surface area contributed by atoms with Crippen LogP contribution in [0.5, 0.6) is 0 Å². The third-order valence-electron chi connectivity index (χ3n) is 1.77. The summed E-state index contributed by atoms with van der Waals surface area (Å²) in [5, 5.41) is 8.66. The SMILES string of the molecule is C=CCOC(=O)N(C)C(CC(F)F)C(=O)O. The van der Waals surface area contributed by atoms with E-state index in [1.807, 2.05) is 0 Å². The molecule has 0 aliphatic rings. The average molecular weight is 237 g/mol. The molecule has 5 nitrogen and oxygen atoms in total. The minimum Gasteiger partial charge on any atom is -0.480 e. The van der Waals surface area contributed by atoms with E-state index in [2.05, 4.69) is 11.3 Å². The minimum atomic E-state index is -2.81. The average Bonchev–Trinajstić information content (AvgIpc) is 2.20. The normalized spacial score (nSPS) is 12.0. The van der Waals surface area contributed by atoms with Crippen molar-refractivity contribution in [3.8, 4) is 0 Å². The molecule has 0 aliphatic heterocycles. The molecule has 0 saturated heterocycles. The van der Waals surface area contributed by atoms with Gasteiger partial charge in [-0.1, -0.05) is 12.7 Å². The van der Waals surface area contributed by atoms with Crippen molar-refractivity contribution in [2.45, 2.75) is 18.9 Å². The highest BCUT2D eigenvalue weighted by Crippen LogP contribution is 2.11. The van der Waals surface area contributed by atoms with Crippen LogP contribution in [0.15, 0.2) is 12.7 Å². The molecule has 0 fully saturated rings. The lowest BCUT2D eigenvalue weighted by Gasteiger charge is -2.23. The first-order valence-electron chi connectivity index (χ1n) is 4.41. The molecule has 0 radical (unpaired) electrons. The maximum Gasteiger partial charge on any atom is 0.410 e. The molecule has 16 heavy (non-hydrogen) atoms. The second kappa shape index (κ2) is 6.76. The van der Waals surface area contributed by atoms with Crippen molar-refractivity contribution >= 4 is 12.1 Å². The molecule has 1 amide bonds. The Balaban J connectivity index is 4.47. The Kier molecular flexibility index (Phi) is 6.06. The van der Waals surface area contributed by atoms with Crippen LogP contribution in [0.2, 0.25) is 0 Å². The Morgan fingerprint density at radius 2 is 2.12 bits per heavy atom. The number of carboxylic acid groups (broad SMARTS) is 1. The van der Waals surface area contributed by atoms with Gasteiger partial charge in [0.25, 0.3) is 0 Å². The van der Waals surface area contributed by atoms with Crippen molar-refractivity contribution in [1.82, 2.24) is 4.90 Å². The van der Waals surface area contributed by atoms with Crippen LogP contribution in [0.25, 0.3) is 0 Å². The Morgan fingerprint density at radius 1 is 1.56 bits per heavy atom. The van der Waals surface area contributed by atoms with Gasteiger partial charge in [0.1, 0.15) is 12.6 Å². The molecule has 0 rings (SSSR count). The van der Waals surface area contributed by atoms with Gasteiger partial charge in [0.2, 0.25) is 6.43 Å². The number of likely N-dealkylation sites (N-methyl/N-ethyl adjacent to an activating group) is 1. The van der Waals surface area contributed by atoms with E-state index < -0.39 is 31.0 Å². The Bertz CT molecular complexity index is 270. The lowest BCUT2D eigenvalue weighted by atomic mass is 10.2. The molecule has 0 aromatic carbocycles. The van der Waals surface area contributed by atoms with Gasteiger partial charge in [-0.3, -0.25) is 4.90 Å². The number of ether oxygens (including phenoxy) is 1. The fourth-order valence-electron chi connectivity index (χ4n) is 0.953. The van der Waals surface area contributed by atoms with Gasteiger partial charge in [-0.15, -0.1) is 0 Å². The first-order chi connectivity index (χ1) is 7.40. The van der Waals surface area contributed by atoms with Gasteiger partial charge in [0, 0.05) is 13.5 Å². The summed E-state index contributed by atoms with van der Waals surface area (Å²) < 4.78 is 28.7. The lowest BCUT2D eigenvalue weighted by Crippen LogP contribution is -2.43. The van der Waals surface area contributed by atoms with Crippen LogP contribution in [-0.2, 0) is 9.53 Å². The first-order valence-corrected chi connectivity index (χ1v) is 4.41. The molecule has 1 unspecified atom stereocenters. The zero-order valence-electron chi connectivity index (χ0n) is 8.73. The molecule has 92 valence electrons. The van der Waals surface area contributed by atoms with Crippen LogP contribution < -0.4 is 0 Å². The summed E-state index contributed by atoms with van der Waals surface area (Å²) in [6, 6.07) is -1.60. The highest BCUT2D eigenvalue weighted by atomic mass is 19.3. The van der Waals surface area contributed by atoms with Gasteiger partial charge in [0.05, 0.1) is 0 Å². The molecule has 1 atom stereocenters. The molecular formula is C9H13F2NO4. The number of carbonyl (C=O) groups is 2. The summed E-state index contributed by atoms with van der Waals surface area (Å²) in [5.41, 5.74) is 0. The number of halogens is 2. The van der Waals surface area contributed by atoms with Crippen LogP contribution in [-0.4, -0.2) is 48.2 Å². The van der Waals surface area contributed by atoms with Crippen molar-refractivity contribution in [1.29, 1.82) is 0 Å². The summed E-state index contributed by atoms with van der Waals surface area (Å²) in [7, 11) is 1.09. The minimum absolute atomic E-state index is 0.107. The largest absolute Gasteiger partial charge is 0.480 e. The van der Waals surface area contributed by atoms with E-state index in [1.165, 1.54) is 6.08 Å². The van der Waals surface area contributed by atoms with E-state index in [0.717, 1.165) is 7.05 Å². The molecule has 0 aromatic rings. The van der Waals surface area contributed by atoms with Gasteiger partial charge in [-0.2, -0.15) is 0 Å². The molecule has 0 aromatic heterocycles. The molecule has 7 heteroatoms. The summed E-state index contributed by atoms with van der Waals surface area (Å²) >= 11 is 0. The van der Waals surface area contributed by atoms with Crippen LogP contribution in [0.1, 0.15) is 6.42 Å². The number of rotatable bonds is 6. The summed E-state index contributed by atoms with van der Waals surface area (Å²) in [4.78, 5) is 22.5. The third-order valence-corrected chi connectivity index (χ3v) is 1.77. The predicted molar refractivity (Wildman–Crippen MR) is 51.4 cm³/mol. The van der Waals surface area contributed by atoms with E-state index in [-0.39, 0.29) is 6.61 Å². The quantitative estimate of drug-likeness (QED) is 0.708. The summed E-state index contributed by atoms with van der Waals surface area (Å²) in [6.07, 6.45) is -3.44. The summed E-state index contributed by atoms with van der Waals surface area (Å²) in [6.45, 7) is 3.18. The van der Waals surface area contributed by atoms with E-state index in [4.69, 9.17) is 5.11 Å². The van der Waals surface area contributed by atoms with E-state index >= 15 is 0 Å². The Labute approximate surface area is 91.3 Å². The standard InChI is InChI=1S/C9H13F2NO4/c1-3-4-16-9(15)12(2)6(8(13)14)5-7(10)11/h3,6-7H,1,4-5H2,2H3,(H,13,14). The van der Waals surface area contributed by atoms with Crippen molar-refractivity contribution in [2.75, 3.05) is 13.7 Å². The van der Waals surface area contributed by atoms with Crippen molar-refractivity contribution in [2.24, 2.45) is 0 Å². The molecule has 0 spiro atoms. The van der Waals surface area contributed by atoms with Crippen molar-refractivity contribution in [3.63, 3.8) is 0 Å². The van der Waals surface area contributed by atoms with Gasteiger partial charge in [-0.05, 0) is 0 Å². The predicted octanol–water partition coefficient (Wildman–Crippen LogP) is 1.35. The number of hydrogen-bond donors (Lipinski definition) is 1. The van der Waals surface area contributed by atoms with Crippen molar-refractivity contribution < 1.29 is 28.2 Å². The molecule has 0 saturated carbocycles. The second-order valence-electron chi connectivity index (χ2n) is 2.96. The second-order valence-corrected chi connectivity index (χ2v) is 2.96. The van der Waals surface area contributed by atoms with Crippen LogP contribution >= 0.6 is 0 Å². The molecular weight excluding hydrogens is 224 g/mol. The number of nitrogens with zero attached hydrogens (tertiary/aromatic N) is 1. The Hall–Kier alpha value is -1.66. The van der Waals surface area contributed by atoms with Crippen LogP contribution in [0.3, 0.4) is 0 Å². The summed E-state index contributed by atoms with van der Waals surface area (Å²) in [5.74, 6) is -1.50. The van der Waals surface area contributed by atoms with Crippen LogP contribution in [0, 0.1) is 0 Å².